The molecule has 1 aromatic rings. The average molecular weight is 407 g/mol. The maximum absolute atomic E-state index is 12.5. The zero-order valence-electron chi connectivity index (χ0n) is 15.0. The number of piperidine rings is 1. The van der Waals surface area contributed by atoms with E-state index in [9.17, 15) is 9.59 Å². The Bertz CT molecular complexity index is 621. The molecule has 2 unspecified atom stereocenters. The summed E-state index contributed by atoms with van der Waals surface area (Å²) in [7, 11) is 0. The summed E-state index contributed by atoms with van der Waals surface area (Å²) in [5.41, 5.74) is 1.25. The van der Waals surface area contributed by atoms with Crippen molar-refractivity contribution >= 4 is 27.7 Å². The molecule has 2 atom stereocenters. The molecule has 1 saturated carbocycles. The van der Waals surface area contributed by atoms with Crippen LogP contribution in [0.3, 0.4) is 0 Å². The fourth-order valence-corrected chi connectivity index (χ4v) is 3.89. The van der Waals surface area contributed by atoms with Crippen molar-refractivity contribution < 1.29 is 9.59 Å². The van der Waals surface area contributed by atoms with Gasteiger partial charge in [-0.3, -0.25) is 9.59 Å². The first-order chi connectivity index (χ1) is 11.9. The lowest BCUT2D eigenvalue weighted by Gasteiger charge is -2.33. The van der Waals surface area contributed by atoms with E-state index in [1.807, 2.05) is 17.0 Å². The first kappa shape index (κ1) is 18.4. The number of benzene rings is 1. The molecule has 3 rings (SSSR count). The number of carbonyl (C=O) groups is 2. The minimum Gasteiger partial charge on any atom is -0.353 e. The monoisotopic (exact) mass is 406 g/mol. The van der Waals surface area contributed by atoms with Crippen LogP contribution in [-0.4, -0.2) is 35.8 Å². The second kappa shape index (κ2) is 7.90. The van der Waals surface area contributed by atoms with Crippen molar-refractivity contribution in [3.63, 3.8) is 0 Å². The summed E-state index contributed by atoms with van der Waals surface area (Å²) in [5.74, 6) is 1.30. The fourth-order valence-electron chi connectivity index (χ4n) is 3.62. The van der Waals surface area contributed by atoms with Crippen LogP contribution in [0.25, 0.3) is 0 Å². The Morgan fingerprint density at radius 3 is 2.44 bits per heavy atom. The van der Waals surface area contributed by atoms with Crippen LogP contribution in [0, 0.1) is 11.8 Å². The van der Waals surface area contributed by atoms with E-state index >= 15 is 0 Å². The lowest BCUT2D eigenvalue weighted by atomic mass is 10.0. The molecular weight excluding hydrogens is 380 g/mol. The van der Waals surface area contributed by atoms with Gasteiger partial charge in [-0.2, -0.15) is 0 Å². The number of hydrogen-bond acceptors (Lipinski definition) is 2. The molecule has 2 fully saturated rings. The molecule has 1 heterocycles. The van der Waals surface area contributed by atoms with E-state index in [0.717, 1.165) is 36.8 Å². The number of halogens is 1. The largest absolute Gasteiger partial charge is 0.353 e. The maximum Gasteiger partial charge on any atom is 0.223 e. The highest BCUT2D eigenvalue weighted by Gasteiger charge is 2.44. The Hall–Kier alpha value is -1.36. The highest BCUT2D eigenvalue weighted by Crippen LogP contribution is 2.47. The van der Waals surface area contributed by atoms with Crippen LogP contribution in [0.15, 0.2) is 28.7 Å². The number of likely N-dealkylation sites (tertiary alicyclic amines) is 1. The van der Waals surface area contributed by atoms with Gasteiger partial charge in [0.1, 0.15) is 0 Å². The SMILES string of the molecule is CC(C)CC(=O)N1CCC(NC(=O)C2CC2c2ccc(Br)cc2)CC1. The highest BCUT2D eigenvalue weighted by atomic mass is 79.9. The summed E-state index contributed by atoms with van der Waals surface area (Å²) >= 11 is 3.45. The number of hydrogen-bond donors (Lipinski definition) is 1. The summed E-state index contributed by atoms with van der Waals surface area (Å²) in [4.78, 5) is 26.5. The van der Waals surface area contributed by atoms with E-state index in [1.54, 1.807) is 0 Å². The highest BCUT2D eigenvalue weighted by molar-refractivity contribution is 9.10. The van der Waals surface area contributed by atoms with Crippen molar-refractivity contribution in [1.82, 2.24) is 10.2 Å². The van der Waals surface area contributed by atoms with Gasteiger partial charge in [0, 0.05) is 35.9 Å². The molecule has 4 nitrogen and oxygen atoms in total. The van der Waals surface area contributed by atoms with Gasteiger partial charge in [0.2, 0.25) is 11.8 Å². The van der Waals surface area contributed by atoms with Crippen molar-refractivity contribution in [2.45, 2.75) is 51.5 Å². The Morgan fingerprint density at radius 2 is 1.84 bits per heavy atom. The second-order valence-corrected chi connectivity index (χ2v) is 8.68. The molecule has 1 aromatic carbocycles. The summed E-state index contributed by atoms with van der Waals surface area (Å²) < 4.78 is 1.07. The van der Waals surface area contributed by atoms with Crippen molar-refractivity contribution in [2.75, 3.05) is 13.1 Å². The van der Waals surface area contributed by atoms with Gasteiger partial charge in [0.05, 0.1) is 0 Å². The van der Waals surface area contributed by atoms with E-state index in [1.165, 1.54) is 5.56 Å². The van der Waals surface area contributed by atoms with Gasteiger partial charge in [-0.15, -0.1) is 0 Å². The van der Waals surface area contributed by atoms with E-state index < -0.39 is 0 Å². The third-order valence-corrected chi connectivity index (χ3v) is 5.73. The second-order valence-electron chi connectivity index (χ2n) is 7.76. The Labute approximate surface area is 158 Å². The quantitative estimate of drug-likeness (QED) is 0.809. The van der Waals surface area contributed by atoms with Crippen molar-refractivity contribution in [2.24, 2.45) is 11.8 Å². The normalized spacial score (nSPS) is 23.6. The smallest absolute Gasteiger partial charge is 0.223 e. The van der Waals surface area contributed by atoms with Crippen molar-refractivity contribution in [3.8, 4) is 0 Å². The number of nitrogens with one attached hydrogen (secondary N) is 1. The first-order valence-electron chi connectivity index (χ1n) is 9.27. The molecule has 0 spiro atoms. The van der Waals surface area contributed by atoms with Gasteiger partial charge >= 0.3 is 0 Å². The van der Waals surface area contributed by atoms with Crippen molar-refractivity contribution in [3.05, 3.63) is 34.3 Å². The minimum absolute atomic E-state index is 0.113. The topological polar surface area (TPSA) is 49.4 Å². The third kappa shape index (κ3) is 4.84. The summed E-state index contributed by atoms with van der Waals surface area (Å²) in [6.45, 7) is 5.67. The molecule has 1 saturated heterocycles. The van der Waals surface area contributed by atoms with E-state index in [0.29, 0.717) is 18.3 Å². The minimum atomic E-state index is 0.113. The van der Waals surface area contributed by atoms with Gasteiger partial charge < -0.3 is 10.2 Å². The lowest BCUT2D eigenvalue weighted by molar-refractivity contribution is -0.133. The van der Waals surface area contributed by atoms with Gasteiger partial charge in [-0.1, -0.05) is 41.9 Å². The van der Waals surface area contributed by atoms with E-state index in [2.05, 4.69) is 47.2 Å². The maximum atomic E-state index is 12.5. The molecule has 136 valence electrons. The third-order valence-electron chi connectivity index (χ3n) is 5.20. The van der Waals surface area contributed by atoms with Crippen LogP contribution in [0.1, 0.15) is 51.0 Å². The number of rotatable bonds is 5. The van der Waals surface area contributed by atoms with Gasteiger partial charge in [0.15, 0.2) is 0 Å². The standard InChI is InChI=1S/C20H27BrN2O2/c1-13(2)11-19(24)23-9-7-16(8-10-23)22-20(25)18-12-17(18)14-3-5-15(21)6-4-14/h3-6,13,16-18H,7-12H2,1-2H3,(H,22,25). The molecule has 5 heteroatoms. The number of carbonyl (C=O) groups excluding carboxylic acids is 2. The summed E-state index contributed by atoms with van der Waals surface area (Å²) in [6.07, 6.45) is 3.30. The molecule has 25 heavy (non-hydrogen) atoms. The molecule has 2 aliphatic rings. The molecule has 1 N–H and O–H groups in total. The van der Waals surface area contributed by atoms with Crippen LogP contribution in [0.2, 0.25) is 0 Å². The number of nitrogens with zero attached hydrogens (tertiary/aromatic N) is 1. The van der Waals surface area contributed by atoms with E-state index in [4.69, 9.17) is 0 Å². The molecule has 0 bridgehead atoms. The predicted octanol–water partition coefficient (Wildman–Crippen LogP) is 3.71. The van der Waals surface area contributed by atoms with Crippen LogP contribution in [-0.2, 0) is 9.59 Å². The van der Waals surface area contributed by atoms with Gasteiger partial charge in [-0.25, -0.2) is 0 Å². The fraction of sp³-hybridized carbons (Fsp3) is 0.600. The molecule has 1 aliphatic carbocycles. The molecule has 2 amide bonds. The molecule has 0 radical (unpaired) electrons. The van der Waals surface area contributed by atoms with Crippen molar-refractivity contribution in [1.29, 1.82) is 0 Å². The van der Waals surface area contributed by atoms with E-state index in [-0.39, 0.29) is 23.8 Å². The molecule has 0 aromatic heterocycles. The van der Waals surface area contributed by atoms with Crippen LogP contribution < -0.4 is 5.32 Å². The molecule has 1 aliphatic heterocycles. The van der Waals surface area contributed by atoms with Crippen LogP contribution >= 0.6 is 15.9 Å². The number of amides is 2. The first-order valence-corrected chi connectivity index (χ1v) is 10.1. The van der Waals surface area contributed by atoms with Gasteiger partial charge in [-0.05, 0) is 48.8 Å². The Kier molecular flexibility index (Phi) is 5.82. The molecular formula is C20H27BrN2O2. The Balaban J connectivity index is 1.43. The zero-order valence-corrected chi connectivity index (χ0v) is 16.6. The lowest BCUT2D eigenvalue weighted by Crippen LogP contribution is -2.47. The Morgan fingerprint density at radius 1 is 1.20 bits per heavy atom. The summed E-state index contributed by atoms with van der Waals surface area (Å²) in [5, 5.41) is 3.21. The average Bonchev–Trinajstić information content (AvgIpc) is 3.36. The van der Waals surface area contributed by atoms with Crippen LogP contribution in [0.4, 0.5) is 0 Å². The van der Waals surface area contributed by atoms with Crippen LogP contribution in [0.5, 0.6) is 0 Å². The predicted molar refractivity (Wildman–Crippen MR) is 102 cm³/mol. The summed E-state index contributed by atoms with van der Waals surface area (Å²) in [6, 6.07) is 8.47. The zero-order chi connectivity index (χ0) is 18.0. The van der Waals surface area contributed by atoms with Gasteiger partial charge in [0.25, 0.3) is 0 Å².